The lowest BCUT2D eigenvalue weighted by Crippen LogP contribution is -2.20. The predicted octanol–water partition coefficient (Wildman–Crippen LogP) is 4.14. The largest absolute Gasteiger partial charge is 0.490 e. The Morgan fingerprint density at radius 2 is 2.04 bits per heavy atom. The highest BCUT2D eigenvalue weighted by Gasteiger charge is 2.14. The zero-order valence-corrected chi connectivity index (χ0v) is 14.3. The molecule has 0 fully saturated rings. The van der Waals surface area contributed by atoms with Crippen LogP contribution in [0, 0.1) is 5.82 Å². The molecule has 6 heteroatoms. The van der Waals surface area contributed by atoms with Gasteiger partial charge < -0.3 is 4.74 Å². The second-order valence-corrected chi connectivity index (χ2v) is 5.94. The van der Waals surface area contributed by atoms with Crippen LogP contribution in [0.3, 0.4) is 0 Å². The molecule has 1 N–H and O–H groups in total. The zero-order chi connectivity index (χ0) is 16.8. The molecule has 0 saturated carbocycles. The van der Waals surface area contributed by atoms with Crippen molar-refractivity contribution in [2.24, 2.45) is 5.10 Å². The van der Waals surface area contributed by atoms with E-state index in [0.29, 0.717) is 16.9 Å². The van der Waals surface area contributed by atoms with Gasteiger partial charge in [0, 0.05) is 10.0 Å². The summed E-state index contributed by atoms with van der Waals surface area (Å²) in [4.78, 5) is 12.3. The summed E-state index contributed by atoms with van der Waals surface area (Å²) in [7, 11) is 0. The van der Waals surface area contributed by atoms with Gasteiger partial charge in [-0.3, -0.25) is 4.79 Å². The molecule has 0 spiro atoms. The van der Waals surface area contributed by atoms with Gasteiger partial charge in [-0.25, -0.2) is 9.82 Å². The summed E-state index contributed by atoms with van der Waals surface area (Å²) in [6.07, 6.45) is 1.19. The first-order chi connectivity index (χ1) is 11.0. The molecule has 0 aromatic heterocycles. The van der Waals surface area contributed by atoms with Crippen LogP contribution in [0.2, 0.25) is 0 Å². The number of carbonyl (C=O) groups excluding carboxylic acids is 1. The number of halogens is 2. The second kappa shape index (κ2) is 7.87. The van der Waals surface area contributed by atoms with Gasteiger partial charge in [-0.2, -0.15) is 5.10 Å². The Morgan fingerprint density at radius 1 is 1.30 bits per heavy atom. The first kappa shape index (κ1) is 17.1. The van der Waals surface area contributed by atoms with Crippen LogP contribution in [-0.4, -0.2) is 18.2 Å². The number of carbonyl (C=O) groups is 1. The molecule has 0 saturated heterocycles. The predicted molar refractivity (Wildman–Crippen MR) is 91.4 cm³/mol. The van der Waals surface area contributed by atoms with Crippen molar-refractivity contribution in [2.75, 3.05) is 0 Å². The molecule has 2 aromatic carbocycles. The third kappa shape index (κ3) is 4.89. The molecule has 0 heterocycles. The lowest BCUT2D eigenvalue weighted by atomic mass is 10.2. The summed E-state index contributed by atoms with van der Waals surface area (Å²) < 4.78 is 19.8. The second-order valence-electron chi connectivity index (χ2n) is 5.03. The summed E-state index contributed by atoms with van der Waals surface area (Å²) in [6, 6.07) is 11.3. The van der Waals surface area contributed by atoms with E-state index in [1.165, 1.54) is 12.3 Å². The van der Waals surface area contributed by atoms with Crippen LogP contribution in [-0.2, 0) is 0 Å². The fourth-order valence-electron chi connectivity index (χ4n) is 1.84. The van der Waals surface area contributed by atoms with Crippen molar-refractivity contribution in [3.63, 3.8) is 0 Å². The maximum absolute atomic E-state index is 13.5. The summed E-state index contributed by atoms with van der Waals surface area (Å²) >= 11 is 3.32. The number of nitrogens with zero attached hydrogens (tertiary/aromatic N) is 1. The highest BCUT2D eigenvalue weighted by Crippen LogP contribution is 2.24. The van der Waals surface area contributed by atoms with Crippen LogP contribution >= 0.6 is 15.9 Å². The number of amides is 1. The third-order valence-corrected chi connectivity index (χ3v) is 3.32. The minimum atomic E-state index is -0.436. The molecule has 4 nitrogen and oxygen atoms in total. The number of benzene rings is 2. The van der Waals surface area contributed by atoms with Crippen LogP contribution in [0.5, 0.6) is 5.75 Å². The van der Waals surface area contributed by atoms with Crippen LogP contribution in [0.4, 0.5) is 4.39 Å². The molecule has 120 valence electrons. The van der Waals surface area contributed by atoms with E-state index in [-0.39, 0.29) is 6.10 Å². The lowest BCUT2D eigenvalue weighted by Gasteiger charge is -2.13. The molecule has 0 atom stereocenters. The van der Waals surface area contributed by atoms with Crippen molar-refractivity contribution >= 4 is 28.1 Å². The monoisotopic (exact) mass is 378 g/mol. The van der Waals surface area contributed by atoms with Gasteiger partial charge in [0.1, 0.15) is 11.6 Å². The first-order valence-corrected chi connectivity index (χ1v) is 7.81. The van der Waals surface area contributed by atoms with Gasteiger partial charge >= 0.3 is 0 Å². The van der Waals surface area contributed by atoms with Crippen molar-refractivity contribution in [2.45, 2.75) is 20.0 Å². The van der Waals surface area contributed by atoms with Crippen LogP contribution in [0.1, 0.15) is 29.8 Å². The molecule has 0 aliphatic rings. The topological polar surface area (TPSA) is 50.7 Å². The third-order valence-electron chi connectivity index (χ3n) is 2.82. The van der Waals surface area contributed by atoms with E-state index >= 15 is 0 Å². The molecule has 23 heavy (non-hydrogen) atoms. The smallest absolute Gasteiger partial charge is 0.275 e. The Bertz CT molecular complexity index is 732. The van der Waals surface area contributed by atoms with Crippen LogP contribution < -0.4 is 10.2 Å². The van der Waals surface area contributed by atoms with Crippen molar-refractivity contribution in [1.29, 1.82) is 0 Å². The van der Waals surface area contributed by atoms with E-state index in [2.05, 4.69) is 26.5 Å². The maximum atomic E-state index is 13.5. The van der Waals surface area contributed by atoms with Gasteiger partial charge in [-0.15, -0.1) is 0 Å². The van der Waals surface area contributed by atoms with Gasteiger partial charge in [-0.1, -0.05) is 34.1 Å². The number of nitrogens with one attached hydrogen (secondary N) is 1. The Kier molecular flexibility index (Phi) is 5.87. The number of rotatable bonds is 5. The molecule has 0 aliphatic heterocycles. The van der Waals surface area contributed by atoms with E-state index < -0.39 is 11.7 Å². The Balaban J connectivity index is 2.14. The molecule has 0 bridgehead atoms. The molecular weight excluding hydrogens is 363 g/mol. The maximum Gasteiger partial charge on any atom is 0.275 e. The fourth-order valence-corrected chi connectivity index (χ4v) is 2.20. The first-order valence-electron chi connectivity index (χ1n) is 7.01. The number of hydrazone groups is 1. The van der Waals surface area contributed by atoms with Crippen molar-refractivity contribution in [3.8, 4) is 5.75 Å². The number of hydrogen-bond donors (Lipinski definition) is 1. The highest BCUT2D eigenvalue weighted by molar-refractivity contribution is 9.10. The molecular formula is C17H16BrFN2O2. The van der Waals surface area contributed by atoms with Crippen molar-refractivity contribution < 1.29 is 13.9 Å². The zero-order valence-electron chi connectivity index (χ0n) is 12.7. The van der Waals surface area contributed by atoms with Gasteiger partial charge in [0.25, 0.3) is 5.91 Å². The Morgan fingerprint density at radius 3 is 2.74 bits per heavy atom. The molecule has 1 amide bonds. The summed E-state index contributed by atoms with van der Waals surface area (Å²) in [6.45, 7) is 3.75. The minimum Gasteiger partial charge on any atom is -0.490 e. The average Bonchev–Trinajstić information content (AvgIpc) is 2.50. The lowest BCUT2D eigenvalue weighted by molar-refractivity contribution is 0.0949. The molecule has 0 unspecified atom stereocenters. The van der Waals surface area contributed by atoms with Crippen LogP contribution in [0.15, 0.2) is 52.0 Å². The van der Waals surface area contributed by atoms with Crippen molar-refractivity contribution in [3.05, 3.63) is 63.9 Å². The van der Waals surface area contributed by atoms with E-state index in [0.717, 1.165) is 4.47 Å². The summed E-state index contributed by atoms with van der Waals surface area (Å²) in [5.41, 5.74) is 3.02. The van der Waals surface area contributed by atoms with Gasteiger partial charge in [0.2, 0.25) is 0 Å². The van der Waals surface area contributed by atoms with E-state index in [1.54, 1.807) is 36.4 Å². The molecule has 0 radical (unpaired) electrons. The van der Waals surface area contributed by atoms with E-state index in [4.69, 9.17) is 4.74 Å². The average molecular weight is 379 g/mol. The van der Waals surface area contributed by atoms with Gasteiger partial charge in [-0.05, 0) is 38.1 Å². The standard InChI is InChI=1S/C17H16BrFN2O2/c1-11(2)23-16-8-7-13(18)9-14(16)17(22)21-20-10-12-5-3-4-6-15(12)19/h3-11H,1-2H3,(H,21,22). The molecule has 0 aliphatic carbocycles. The summed E-state index contributed by atoms with van der Waals surface area (Å²) in [5.74, 6) is -0.381. The summed E-state index contributed by atoms with van der Waals surface area (Å²) in [5, 5.41) is 3.79. The molecule has 2 aromatic rings. The SMILES string of the molecule is CC(C)Oc1ccc(Br)cc1C(=O)NN=Cc1ccccc1F. The normalized spacial score (nSPS) is 11.0. The molecule has 2 rings (SSSR count). The fraction of sp³-hybridized carbons (Fsp3) is 0.176. The number of ether oxygens (including phenoxy) is 1. The highest BCUT2D eigenvalue weighted by atomic mass is 79.9. The van der Waals surface area contributed by atoms with Crippen molar-refractivity contribution in [1.82, 2.24) is 5.43 Å². The van der Waals surface area contributed by atoms with E-state index in [9.17, 15) is 9.18 Å². The van der Waals surface area contributed by atoms with Gasteiger partial charge in [0.05, 0.1) is 17.9 Å². The van der Waals surface area contributed by atoms with E-state index in [1.807, 2.05) is 13.8 Å². The quantitative estimate of drug-likeness (QED) is 0.627. The van der Waals surface area contributed by atoms with Gasteiger partial charge in [0.15, 0.2) is 0 Å². The van der Waals surface area contributed by atoms with Crippen LogP contribution in [0.25, 0.3) is 0 Å². The Hall–Kier alpha value is -2.21. The Labute approximate surface area is 142 Å². The number of hydrogen-bond acceptors (Lipinski definition) is 3. The minimum absolute atomic E-state index is 0.0651.